The maximum absolute atomic E-state index is 12.1. The van der Waals surface area contributed by atoms with E-state index in [0.29, 0.717) is 12.1 Å². The average Bonchev–Trinajstić information content (AvgIpc) is 2.45. The number of hydrogen-bond donors (Lipinski definition) is 1. The van der Waals surface area contributed by atoms with Gasteiger partial charge in [-0.25, -0.2) is 8.42 Å². The number of benzene rings is 1. The minimum absolute atomic E-state index is 0.0000380. The lowest BCUT2D eigenvalue weighted by atomic mass is 9.76. The van der Waals surface area contributed by atoms with Crippen LogP contribution in [0.5, 0.6) is 0 Å². The summed E-state index contributed by atoms with van der Waals surface area (Å²) < 4.78 is 22.3. The second-order valence-corrected chi connectivity index (χ2v) is 8.58. The van der Waals surface area contributed by atoms with Crippen LogP contribution in [0.25, 0.3) is 0 Å². The molecule has 0 atom stereocenters. The molecule has 1 aromatic carbocycles. The lowest BCUT2D eigenvalue weighted by Gasteiger charge is -2.33. The lowest BCUT2D eigenvalue weighted by molar-refractivity contribution is 0.0919. The van der Waals surface area contributed by atoms with E-state index >= 15 is 0 Å². The van der Waals surface area contributed by atoms with Gasteiger partial charge in [-0.3, -0.25) is 4.79 Å². The highest BCUT2D eigenvalue weighted by Crippen LogP contribution is 2.34. The van der Waals surface area contributed by atoms with Gasteiger partial charge in [0.2, 0.25) is 0 Å². The van der Waals surface area contributed by atoms with Gasteiger partial charge in [0.25, 0.3) is 15.0 Å². The first kappa shape index (κ1) is 16.3. The van der Waals surface area contributed by atoms with Gasteiger partial charge in [-0.15, -0.1) is 0 Å². The van der Waals surface area contributed by atoms with Gasteiger partial charge in [0.15, 0.2) is 0 Å². The molecule has 0 spiro atoms. The highest BCUT2D eigenvalue weighted by Gasteiger charge is 2.27. The van der Waals surface area contributed by atoms with E-state index in [2.05, 4.69) is 12.2 Å². The third-order valence-electron chi connectivity index (χ3n) is 4.13. The van der Waals surface area contributed by atoms with Crippen LogP contribution in [-0.4, -0.2) is 20.9 Å². The third kappa shape index (κ3) is 4.45. The molecule has 0 unspecified atom stereocenters. The van der Waals surface area contributed by atoms with Crippen molar-refractivity contribution in [3.63, 3.8) is 0 Å². The summed E-state index contributed by atoms with van der Waals surface area (Å²) in [6.07, 6.45) is 5.98. The van der Waals surface area contributed by atoms with Crippen LogP contribution in [0.4, 0.5) is 0 Å². The summed E-state index contributed by atoms with van der Waals surface area (Å²) in [7, 11) is 1.50. The van der Waals surface area contributed by atoms with Crippen molar-refractivity contribution in [1.82, 2.24) is 5.32 Å². The van der Waals surface area contributed by atoms with Crippen LogP contribution in [-0.2, 0) is 9.05 Å². The Morgan fingerprint density at radius 2 is 1.76 bits per heavy atom. The predicted molar refractivity (Wildman–Crippen MR) is 83.0 cm³/mol. The molecule has 0 saturated heterocycles. The molecule has 1 aromatic rings. The van der Waals surface area contributed by atoms with E-state index in [9.17, 15) is 13.2 Å². The maximum Gasteiger partial charge on any atom is 0.261 e. The molecule has 1 N–H and O–H groups in total. The molecule has 0 heterocycles. The quantitative estimate of drug-likeness (QED) is 0.862. The molecule has 1 saturated carbocycles. The van der Waals surface area contributed by atoms with Crippen molar-refractivity contribution in [2.45, 2.75) is 43.9 Å². The topological polar surface area (TPSA) is 63.2 Å². The highest BCUT2D eigenvalue weighted by atomic mass is 35.7. The van der Waals surface area contributed by atoms with E-state index in [1.165, 1.54) is 43.5 Å². The largest absolute Gasteiger partial charge is 0.351 e. The van der Waals surface area contributed by atoms with E-state index in [4.69, 9.17) is 10.7 Å². The molecule has 0 aromatic heterocycles. The molecule has 21 heavy (non-hydrogen) atoms. The van der Waals surface area contributed by atoms with Crippen LogP contribution < -0.4 is 5.32 Å². The van der Waals surface area contributed by atoms with Gasteiger partial charge in [0, 0.05) is 22.8 Å². The molecule has 116 valence electrons. The molecule has 1 aliphatic carbocycles. The fourth-order valence-electron chi connectivity index (χ4n) is 2.75. The standard InChI is InChI=1S/C15H20ClNO3S/c1-15(9-3-2-4-10-15)11-17-14(18)12-5-7-13(8-6-12)21(16,19)20/h5-8H,2-4,9-11H2,1H3,(H,17,18). The Hall–Kier alpha value is -1.07. The summed E-state index contributed by atoms with van der Waals surface area (Å²) in [5.41, 5.74) is 0.617. The van der Waals surface area contributed by atoms with Crippen LogP contribution >= 0.6 is 10.7 Å². The zero-order chi connectivity index (χ0) is 15.5. The van der Waals surface area contributed by atoms with Gasteiger partial charge >= 0.3 is 0 Å². The Kier molecular flexibility index (Phi) is 4.94. The molecule has 1 amide bonds. The van der Waals surface area contributed by atoms with Crippen LogP contribution in [0.15, 0.2) is 29.2 Å². The van der Waals surface area contributed by atoms with Crippen LogP contribution in [0.2, 0.25) is 0 Å². The van der Waals surface area contributed by atoms with Crippen molar-refractivity contribution in [3.8, 4) is 0 Å². The highest BCUT2D eigenvalue weighted by molar-refractivity contribution is 8.13. The summed E-state index contributed by atoms with van der Waals surface area (Å²) in [6.45, 7) is 2.86. The van der Waals surface area contributed by atoms with Crippen LogP contribution in [0.1, 0.15) is 49.4 Å². The Morgan fingerprint density at radius 3 is 2.29 bits per heavy atom. The van der Waals surface area contributed by atoms with Crippen molar-refractivity contribution in [2.75, 3.05) is 6.54 Å². The van der Waals surface area contributed by atoms with Crippen molar-refractivity contribution in [2.24, 2.45) is 5.41 Å². The normalized spacial score (nSPS) is 18.2. The minimum atomic E-state index is -3.74. The van der Waals surface area contributed by atoms with Crippen molar-refractivity contribution in [1.29, 1.82) is 0 Å². The predicted octanol–water partition coefficient (Wildman–Crippen LogP) is 3.31. The fraction of sp³-hybridized carbons (Fsp3) is 0.533. The van der Waals surface area contributed by atoms with Crippen molar-refractivity contribution >= 4 is 25.6 Å². The van der Waals surface area contributed by atoms with Gasteiger partial charge in [-0.2, -0.15) is 0 Å². The van der Waals surface area contributed by atoms with E-state index < -0.39 is 9.05 Å². The Bertz CT molecular complexity index is 604. The number of amides is 1. The maximum atomic E-state index is 12.1. The van der Waals surface area contributed by atoms with Gasteiger partial charge in [-0.1, -0.05) is 26.2 Å². The zero-order valence-electron chi connectivity index (χ0n) is 12.1. The molecule has 0 radical (unpaired) electrons. The van der Waals surface area contributed by atoms with Gasteiger partial charge in [0.05, 0.1) is 4.90 Å². The number of nitrogens with one attached hydrogen (secondary N) is 1. The summed E-state index contributed by atoms with van der Waals surface area (Å²) in [5, 5.41) is 2.95. The lowest BCUT2D eigenvalue weighted by Crippen LogP contribution is -2.37. The fourth-order valence-corrected chi connectivity index (χ4v) is 3.52. The van der Waals surface area contributed by atoms with E-state index in [-0.39, 0.29) is 16.2 Å². The summed E-state index contributed by atoms with van der Waals surface area (Å²) in [4.78, 5) is 12.1. The first-order valence-corrected chi connectivity index (χ1v) is 9.44. The molecule has 1 fully saturated rings. The molecule has 2 rings (SSSR count). The van der Waals surface area contributed by atoms with Gasteiger partial charge < -0.3 is 5.32 Å². The van der Waals surface area contributed by atoms with Crippen LogP contribution in [0, 0.1) is 5.41 Å². The van der Waals surface area contributed by atoms with Crippen LogP contribution in [0.3, 0.4) is 0 Å². The number of halogens is 1. The van der Waals surface area contributed by atoms with Crippen molar-refractivity contribution < 1.29 is 13.2 Å². The summed E-state index contributed by atoms with van der Waals surface area (Å²) in [5.74, 6) is -0.180. The first-order valence-electron chi connectivity index (χ1n) is 7.13. The third-order valence-corrected chi connectivity index (χ3v) is 5.50. The molecule has 4 nitrogen and oxygen atoms in total. The summed E-state index contributed by atoms with van der Waals surface area (Å²) in [6, 6.07) is 5.65. The monoisotopic (exact) mass is 329 g/mol. The van der Waals surface area contributed by atoms with E-state index in [1.54, 1.807) is 0 Å². The minimum Gasteiger partial charge on any atom is -0.351 e. The molecule has 6 heteroatoms. The molecule has 1 aliphatic rings. The number of rotatable bonds is 4. The Labute approximate surface area is 130 Å². The van der Waals surface area contributed by atoms with Crippen molar-refractivity contribution in [3.05, 3.63) is 29.8 Å². The molecule has 0 aliphatic heterocycles. The van der Waals surface area contributed by atoms with E-state index in [1.807, 2.05) is 0 Å². The van der Waals surface area contributed by atoms with E-state index in [0.717, 1.165) is 12.8 Å². The summed E-state index contributed by atoms with van der Waals surface area (Å²) >= 11 is 0. The number of hydrogen-bond acceptors (Lipinski definition) is 3. The van der Waals surface area contributed by atoms with Gasteiger partial charge in [-0.05, 0) is 42.5 Å². The molecular weight excluding hydrogens is 310 g/mol. The number of carbonyl (C=O) groups excluding carboxylic acids is 1. The molecule has 0 bridgehead atoms. The SMILES string of the molecule is CC1(CNC(=O)c2ccc(S(=O)(=O)Cl)cc2)CCCCC1. The zero-order valence-corrected chi connectivity index (χ0v) is 13.6. The smallest absolute Gasteiger partial charge is 0.261 e. The Balaban J connectivity index is 1.97. The van der Waals surface area contributed by atoms with Gasteiger partial charge in [0.1, 0.15) is 0 Å². The number of carbonyl (C=O) groups is 1. The Morgan fingerprint density at radius 1 is 1.19 bits per heavy atom. The average molecular weight is 330 g/mol. The molecular formula is C15H20ClNO3S. The second-order valence-electron chi connectivity index (χ2n) is 6.02. The second kappa shape index (κ2) is 6.36. The first-order chi connectivity index (χ1) is 9.80.